The van der Waals surface area contributed by atoms with Crippen LogP contribution in [-0.2, 0) is 9.59 Å². The fourth-order valence-electron chi connectivity index (χ4n) is 0.773. The van der Waals surface area contributed by atoms with Crippen LogP contribution in [0.3, 0.4) is 0 Å². The number of likely N-dealkylation sites (N-methyl/N-ethyl adjacent to an activating group) is 1. The molecule has 5 nitrogen and oxygen atoms in total. The van der Waals surface area contributed by atoms with Gasteiger partial charge in [0.2, 0.25) is 5.91 Å². The first kappa shape index (κ1) is 10.9. The molecule has 12 heavy (non-hydrogen) atoms. The Kier molecular flexibility index (Phi) is 3.21. The molecule has 0 aromatic heterocycles. The molecule has 0 aliphatic heterocycles. The van der Waals surface area contributed by atoms with Crippen molar-refractivity contribution in [2.45, 2.75) is 19.4 Å². The van der Waals surface area contributed by atoms with Crippen molar-refractivity contribution in [1.82, 2.24) is 4.90 Å². The van der Waals surface area contributed by atoms with Crippen LogP contribution < -0.4 is 5.73 Å². The molecule has 0 aromatic rings. The molecule has 0 unspecified atom stereocenters. The van der Waals surface area contributed by atoms with Gasteiger partial charge in [0.05, 0.1) is 6.54 Å². The monoisotopic (exact) mass is 174 g/mol. The van der Waals surface area contributed by atoms with Crippen molar-refractivity contribution in [2.24, 2.45) is 5.73 Å². The standard InChI is InChI=1S/C7H14N2O3/c1-7(2,12)6(11)9(3)4-5(8)10/h12H,4H2,1-3H3,(H2,8,10). The smallest absolute Gasteiger partial charge is 0.254 e. The van der Waals surface area contributed by atoms with Crippen molar-refractivity contribution in [3.63, 3.8) is 0 Å². The van der Waals surface area contributed by atoms with Gasteiger partial charge in [0.1, 0.15) is 5.60 Å². The SMILES string of the molecule is CN(CC(N)=O)C(=O)C(C)(C)O. The normalized spacial score (nSPS) is 11.0. The lowest BCUT2D eigenvalue weighted by atomic mass is 10.1. The highest BCUT2D eigenvalue weighted by molar-refractivity contribution is 5.88. The van der Waals surface area contributed by atoms with Crippen molar-refractivity contribution in [3.8, 4) is 0 Å². The molecule has 0 atom stereocenters. The lowest BCUT2D eigenvalue weighted by molar-refractivity contribution is -0.148. The largest absolute Gasteiger partial charge is 0.381 e. The second kappa shape index (κ2) is 3.53. The van der Waals surface area contributed by atoms with Gasteiger partial charge >= 0.3 is 0 Å². The van der Waals surface area contributed by atoms with Crippen LogP contribution in [0, 0.1) is 0 Å². The van der Waals surface area contributed by atoms with Gasteiger partial charge in [-0.1, -0.05) is 0 Å². The second-order valence-electron chi connectivity index (χ2n) is 3.19. The van der Waals surface area contributed by atoms with Crippen LogP contribution in [0.5, 0.6) is 0 Å². The molecule has 5 heteroatoms. The first-order valence-electron chi connectivity index (χ1n) is 3.51. The summed E-state index contributed by atoms with van der Waals surface area (Å²) >= 11 is 0. The third kappa shape index (κ3) is 3.34. The number of primary amides is 1. The van der Waals surface area contributed by atoms with E-state index in [-0.39, 0.29) is 6.54 Å². The van der Waals surface area contributed by atoms with Crippen LogP contribution in [0.15, 0.2) is 0 Å². The van der Waals surface area contributed by atoms with Crippen LogP contribution in [0.4, 0.5) is 0 Å². The predicted octanol–water partition coefficient (Wildman–Crippen LogP) is -1.30. The predicted molar refractivity (Wildman–Crippen MR) is 43.1 cm³/mol. The molecule has 0 fully saturated rings. The summed E-state index contributed by atoms with van der Waals surface area (Å²) in [5.74, 6) is -1.13. The van der Waals surface area contributed by atoms with Gasteiger partial charge < -0.3 is 15.7 Å². The lowest BCUT2D eigenvalue weighted by Gasteiger charge is -2.23. The molecule has 2 amide bonds. The van der Waals surface area contributed by atoms with E-state index in [1.165, 1.54) is 20.9 Å². The number of nitrogens with zero attached hydrogens (tertiary/aromatic N) is 1. The molecule has 0 aromatic carbocycles. The molecule has 0 rings (SSSR count). The fraction of sp³-hybridized carbons (Fsp3) is 0.714. The van der Waals surface area contributed by atoms with E-state index >= 15 is 0 Å². The Bertz CT molecular complexity index is 195. The van der Waals surface area contributed by atoms with Crippen LogP contribution in [0.25, 0.3) is 0 Å². The Balaban J connectivity index is 4.21. The summed E-state index contributed by atoms with van der Waals surface area (Å²) in [4.78, 5) is 22.6. The third-order valence-electron chi connectivity index (χ3n) is 1.26. The fourth-order valence-corrected chi connectivity index (χ4v) is 0.773. The summed E-state index contributed by atoms with van der Waals surface area (Å²) < 4.78 is 0. The van der Waals surface area contributed by atoms with E-state index in [1.807, 2.05) is 0 Å². The van der Waals surface area contributed by atoms with Crippen molar-refractivity contribution in [1.29, 1.82) is 0 Å². The molecule has 0 aliphatic carbocycles. The van der Waals surface area contributed by atoms with Crippen LogP contribution in [0.2, 0.25) is 0 Å². The number of rotatable bonds is 3. The summed E-state index contributed by atoms with van der Waals surface area (Å²) in [5.41, 5.74) is 3.41. The minimum absolute atomic E-state index is 0.178. The van der Waals surface area contributed by atoms with Crippen LogP contribution in [-0.4, -0.2) is 41.0 Å². The van der Waals surface area contributed by atoms with E-state index in [0.29, 0.717) is 0 Å². The van der Waals surface area contributed by atoms with Crippen molar-refractivity contribution >= 4 is 11.8 Å². The summed E-state index contributed by atoms with van der Waals surface area (Å²) in [6, 6.07) is 0. The van der Waals surface area contributed by atoms with Crippen LogP contribution in [0.1, 0.15) is 13.8 Å². The second-order valence-corrected chi connectivity index (χ2v) is 3.19. The van der Waals surface area contributed by atoms with E-state index in [4.69, 9.17) is 5.73 Å². The number of carbonyl (C=O) groups excluding carboxylic acids is 2. The highest BCUT2D eigenvalue weighted by Crippen LogP contribution is 2.04. The number of amides is 2. The number of hydrogen-bond acceptors (Lipinski definition) is 3. The Morgan fingerprint density at radius 2 is 1.92 bits per heavy atom. The van der Waals surface area contributed by atoms with Crippen molar-refractivity contribution in [2.75, 3.05) is 13.6 Å². The summed E-state index contributed by atoms with van der Waals surface area (Å²) in [5, 5.41) is 9.23. The quantitative estimate of drug-likeness (QED) is 0.558. The maximum absolute atomic E-state index is 11.2. The summed E-state index contributed by atoms with van der Waals surface area (Å²) in [7, 11) is 1.41. The minimum atomic E-state index is -1.45. The Morgan fingerprint density at radius 1 is 1.50 bits per heavy atom. The van der Waals surface area contributed by atoms with Gasteiger partial charge in [-0.3, -0.25) is 9.59 Å². The maximum Gasteiger partial charge on any atom is 0.254 e. The number of hydrogen-bond donors (Lipinski definition) is 2. The Labute approximate surface area is 71.1 Å². The molecular formula is C7H14N2O3. The molecule has 0 bridgehead atoms. The Hall–Kier alpha value is -1.10. The van der Waals surface area contributed by atoms with E-state index in [1.54, 1.807) is 0 Å². The number of nitrogens with two attached hydrogens (primary N) is 1. The van der Waals surface area contributed by atoms with E-state index in [0.717, 1.165) is 4.90 Å². The molecule has 0 radical (unpaired) electrons. The maximum atomic E-state index is 11.2. The average Bonchev–Trinajstić information content (AvgIpc) is 1.82. The van der Waals surface area contributed by atoms with E-state index < -0.39 is 17.4 Å². The third-order valence-corrected chi connectivity index (χ3v) is 1.26. The van der Waals surface area contributed by atoms with Gasteiger partial charge in [-0.05, 0) is 13.8 Å². The average molecular weight is 174 g/mol. The van der Waals surface area contributed by atoms with Gasteiger partial charge in [-0.15, -0.1) is 0 Å². The summed E-state index contributed by atoms with van der Waals surface area (Å²) in [6.45, 7) is 2.53. The lowest BCUT2D eigenvalue weighted by Crippen LogP contribution is -2.46. The molecule has 0 aliphatic rings. The van der Waals surface area contributed by atoms with Gasteiger partial charge in [-0.2, -0.15) is 0 Å². The summed E-state index contributed by atoms with van der Waals surface area (Å²) in [6.07, 6.45) is 0. The molecular weight excluding hydrogens is 160 g/mol. The Morgan fingerprint density at radius 3 is 2.17 bits per heavy atom. The zero-order valence-corrected chi connectivity index (χ0v) is 7.50. The topological polar surface area (TPSA) is 83.6 Å². The zero-order chi connectivity index (χ0) is 9.94. The van der Waals surface area contributed by atoms with Gasteiger partial charge in [0.15, 0.2) is 0 Å². The molecule has 0 heterocycles. The van der Waals surface area contributed by atoms with Gasteiger partial charge in [-0.25, -0.2) is 0 Å². The minimum Gasteiger partial charge on any atom is -0.381 e. The molecule has 0 saturated carbocycles. The molecule has 0 spiro atoms. The zero-order valence-electron chi connectivity index (χ0n) is 7.50. The first-order chi connectivity index (χ1) is 5.25. The highest BCUT2D eigenvalue weighted by Gasteiger charge is 2.27. The molecule has 0 saturated heterocycles. The van der Waals surface area contributed by atoms with Crippen molar-refractivity contribution in [3.05, 3.63) is 0 Å². The van der Waals surface area contributed by atoms with Crippen LogP contribution >= 0.6 is 0 Å². The van der Waals surface area contributed by atoms with Gasteiger partial charge in [0.25, 0.3) is 5.91 Å². The number of carbonyl (C=O) groups is 2. The molecule has 70 valence electrons. The van der Waals surface area contributed by atoms with E-state index in [9.17, 15) is 14.7 Å². The number of aliphatic hydroxyl groups is 1. The highest BCUT2D eigenvalue weighted by atomic mass is 16.3. The first-order valence-corrected chi connectivity index (χ1v) is 3.51. The van der Waals surface area contributed by atoms with Crippen molar-refractivity contribution < 1.29 is 14.7 Å². The van der Waals surface area contributed by atoms with E-state index in [2.05, 4.69) is 0 Å². The molecule has 3 N–H and O–H groups in total. The van der Waals surface area contributed by atoms with Gasteiger partial charge in [0, 0.05) is 7.05 Å².